The van der Waals surface area contributed by atoms with Crippen LogP contribution in [0.25, 0.3) is 0 Å². The molecule has 0 spiro atoms. The molecule has 5 nitrogen and oxygen atoms in total. The number of carbonyl (C=O) groups excluding carboxylic acids is 1. The summed E-state index contributed by atoms with van der Waals surface area (Å²) < 4.78 is 7.78. The van der Waals surface area contributed by atoms with Gasteiger partial charge in [0.15, 0.2) is 0 Å². The normalized spacial score (nSPS) is 11.4. The van der Waals surface area contributed by atoms with Crippen LogP contribution in [0.1, 0.15) is 26.5 Å². The molecule has 0 aliphatic carbocycles. The molecule has 0 atom stereocenters. The van der Waals surface area contributed by atoms with Crippen molar-refractivity contribution in [1.29, 1.82) is 0 Å². The predicted molar refractivity (Wildman–Crippen MR) is 68.8 cm³/mol. The molecule has 0 bridgehead atoms. The van der Waals surface area contributed by atoms with Crippen molar-refractivity contribution in [3.05, 3.63) is 16.4 Å². The molecule has 0 unspecified atom stereocenters. The molecular formula is C11H18BrN3O2. The number of alkyl carbamates (subject to hydrolysis) is 1. The van der Waals surface area contributed by atoms with Gasteiger partial charge in [0.05, 0.1) is 5.69 Å². The second kappa shape index (κ2) is 5.53. The Morgan fingerprint density at radius 2 is 2.24 bits per heavy atom. The second-order valence-electron chi connectivity index (χ2n) is 4.76. The molecule has 0 aliphatic heterocycles. The van der Waals surface area contributed by atoms with Crippen molar-refractivity contribution in [1.82, 2.24) is 15.1 Å². The highest BCUT2D eigenvalue weighted by Gasteiger charge is 2.15. The number of hydrogen-bond donors (Lipinski definition) is 1. The third kappa shape index (κ3) is 5.21. The fourth-order valence-corrected chi connectivity index (χ4v) is 1.57. The van der Waals surface area contributed by atoms with E-state index in [1.54, 1.807) is 4.68 Å². The van der Waals surface area contributed by atoms with Gasteiger partial charge in [-0.2, -0.15) is 5.10 Å². The summed E-state index contributed by atoms with van der Waals surface area (Å²) in [5.74, 6) is 0. The molecule has 0 saturated heterocycles. The first-order valence-corrected chi connectivity index (χ1v) is 6.22. The van der Waals surface area contributed by atoms with Gasteiger partial charge in [-0.1, -0.05) is 0 Å². The Balaban J connectivity index is 2.31. The zero-order valence-corrected chi connectivity index (χ0v) is 12.2. The summed E-state index contributed by atoms with van der Waals surface area (Å²) in [6.07, 6.45) is 0.283. The summed E-state index contributed by atoms with van der Waals surface area (Å²) in [5, 5.41) is 6.95. The van der Waals surface area contributed by atoms with Crippen molar-refractivity contribution in [3.63, 3.8) is 0 Å². The van der Waals surface area contributed by atoms with E-state index in [1.807, 2.05) is 33.9 Å². The van der Waals surface area contributed by atoms with E-state index in [-0.39, 0.29) is 0 Å². The Bertz CT molecular complexity index is 376. The largest absolute Gasteiger partial charge is 0.444 e. The number of nitrogens with one attached hydrogen (secondary N) is 1. The molecule has 0 aromatic carbocycles. The van der Waals surface area contributed by atoms with Gasteiger partial charge in [-0.3, -0.25) is 4.68 Å². The van der Waals surface area contributed by atoms with E-state index in [0.29, 0.717) is 13.0 Å². The van der Waals surface area contributed by atoms with Crippen molar-refractivity contribution in [2.75, 3.05) is 6.54 Å². The number of aryl methyl sites for hydroxylation is 1. The van der Waals surface area contributed by atoms with Crippen molar-refractivity contribution < 1.29 is 9.53 Å². The summed E-state index contributed by atoms with van der Waals surface area (Å²) in [6.45, 7) is 6.02. The topological polar surface area (TPSA) is 56.2 Å². The highest BCUT2D eigenvalue weighted by Crippen LogP contribution is 2.10. The lowest BCUT2D eigenvalue weighted by atomic mass is 10.2. The first-order chi connectivity index (χ1) is 7.78. The number of carbonyl (C=O) groups is 1. The quantitative estimate of drug-likeness (QED) is 0.932. The second-order valence-corrected chi connectivity index (χ2v) is 5.57. The SMILES string of the molecule is Cn1nc(CCNC(=O)OC(C)(C)C)cc1Br. The summed E-state index contributed by atoms with van der Waals surface area (Å²) in [5.41, 5.74) is 0.466. The molecular weight excluding hydrogens is 286 g/mol. The number of aromatic nitrogens is 2. The Morgan fingerprint density at radius 1 is 1.59 bits per heavy atom. The van der Waals surface area contributed by atoms with Crippen LogP contribution in [0, 0.1) is 0 Å². The van der Waals surface area contributed by atoms with Gasteiger partial charge in [0.2, 0.25) is 0 Å². The molecule has 1 amide bonds. The lowest BCUT2D eigenvalue weighted by Gasteiger charge is -2.19. The lowest BCUT2D eigenvalue weighted by Crippen LogP contribution is -2.33. The van der Waals surface area contributed by atoms with Gasteiger partial charge in [-0.15, -0.1) is 0 Å². The monoisotopic (exact) mass is 303 g/mol. The Morgan fingerprint density at radius 3 is 2.71 bits per heavy atom. The summed E-state index contributed by atoms with van der Waals surface area (Å²) >= 11 is 3.37. The molecule has 17 heavy (non-hydrogen) atoms. The highest BCUT2D eigenvalue weighted by molar-refractivity contribution is 9.10. The maximum atomic E-state index is 11.4. The third-order valence-corrected chi connectivity index (χ3v) is 2.66. The summed E-state index contributed by atoms with van der Waals surface area (Å²) in [7, 11) is 1.86. The Labute approximate surface area is 110 Å². The fraction of sp³-hybridized carbons (Fsp3) is 0.636. The Hall–Kier alpha value is -1.04. The number of nitrogens with zero attached hydrogens (tertiary/aromatic N) is 2. The third-order valence-electron chi connectivity index (χ3n) is 1.92. The fourth-order valence-electron chi connectivity index (χ4n) is 1.23. The van der Waals surface area contributed by atoms with Gasteiger partial charge < -0.3 is 10.1 Å². The predicted octanol–water partition coefficient (Wildman–Crippen LogP) is 2.25. The van der Waals surface area contributed by atoms with E-state index in [0.717, 1.165) is 10.3 Å². The van der Waals surface area contributed by atoms with Gasteiger partial charge in [0.25, 0.3) is 0 Å². The van der Waals surface area contributed by atoms with Crippen LogP contribution >= 0.6 is 15.9 Å². The number of amides is 1. The van der Waals surface area contributed by atoms with Gasteiger partial charge in [0, 0.05) is 20.0 Å². The van der Waals surface area contributed by atoms with Crippen molar-refractivity contribution in [3.8, 4) is 0 Å². The van der Waals surface area contributed by atoms with Crippen LogP contribution in [-0.4, -0.2) is 28.0 Å². The lowest BCUT2D eigenvalue weighted by molar-refractivity contribution is 0.0528. The van der Waals surface area contributed by atoms with Gasteiger partial charge >= 0.3 is 6.09 Å². The number of ether oxygens (including phenoxy) is 1. The van der Waals surface area contributed by atoms with Gasteiger partial charge in [-0.05, 0) is 42.8 Å². The average molecular weight is 304 g/mol. The molecule has 1 aromatic rings. The van der Waals surface area contributed by atoms with E-state index < -0.39 is 11.7 Å². The van der Waals surface area contributed by atoms with Crippen LogP contribution in [0.15, 0.2) is 10.7 Å². The number of hydrogen-bond acceptors (Lipinski definition) is 3. The van der Waals surface area contributed by atoms with E-state index in [2.05, 4.69) is 26.3 Å². The average Bonchev–Trinajstić information content (AvgIpc) is 2.43. The molecule has 1 rings (SSSR count). The van der Waals surface area contributed by atoms with Crippen LogP contribution in [-0.2, 0) is 18.2 Å². The van der Waals surface area contributed by atoms with Crippen LogP contribution in [0.5, 0.6) is 0 Å². The highest BCUT2D eigenvalue weighted by atomic mass is 79.9. The van der Waals surface area contributed by atoms with Crippen LogP contribution in [0.2, 0.25) is 0 Å². The molecule has 1 heterocycles. The van der Waals surface area contributed by atoms with Gasteiger partial charge in [0.1, 0.15) is 10.2 Å². The number of halogens is 1. The molecule has 6 heteroatoms. The minimum absolute atomic E-state index is 0.396. The molecule has 1 aromatic heterocycles. The smallest absolute Gasteiger partial charge is 0.407 e. The van der Waals surface area contributed by atoms with Crippen molar-refractivity contribution in [2.45, 2.75) is 32.8 Å². The minimum atomic E-state index is -0.460. The zero-order chi connectivity index (χ0) is 13.1. The molecule has 0 saturated carbocycles. The standard InChI is InChI=1S/C11H18BrN3O2/c1-11(2,3)17-10(16)13-6-5-8-7-9(12)15(4)14-8/h7H,5-6H2,1-4H3,(H,13,16). The van der Waals surface area contributed by atoms with E-state index in [9.17, 15) is 4.79 Å². The van der Waals surface area contributed by atoms with E-state index in [1.165, 1.54) is 0 Å². The van der Waals surface area contributed by atoms with E-state index >= 15 is 0 Å². The van der Waals surface area contributed by atoms with Crippen LogP contribution < -0.4 is 5.32 Å². The molecule has 0 radical (unpaired) electrons. The maximum Gasteiger partial charge on any atom is 0.407 e. The maximum absolute atomic E-state index is 11.4. The first-order valence-electron chi connectivity index (χ1n) is 5.43. The summed E-state index contributed by atoms with van der Waals surface area (Å²) in [4.78, 5) is 11.4. The molecule has 1 N–H and O–H groups in total. The van der Waals surface area contributed by atoms with Crippen LogP contribution in [0.3, 0.4) is 0 Å². The van der Waals surface area contributed by atoms with Gasteiger partial charge in [-0.25, -0.2) is 4.79 Å². The minimum Gasteiger partial charge on any atom is -0.444 e. The van der Waals surface area contributed by atoms with Crippen molar-refractivity contribution in [2.24, 2.45) is 7.05 Å². The Kier molecular flexibility index (Phi) is 4.56. The van der Waals surface area contributed by atoms with Crippen LogP contribution in [0.4, 0.5) is 4.79 Å². The van der Waals surface area contributed by atoms with E-state index in [4.69, 9.17) is 4.74 Å². The summed E-state index contributed by atoms with van der Waals surface area (Å²) in [6, 6.07) is 1.93. The molecule has 0 aliphatic rings. The number of rotatable bonds is 3. The molecule has 96 valence electrons. The molecule has 0 fully saturated rings. The zero-order valence-electron chi connectivity index (χ0n) is 10.6. The first kappa shape index (κ1) is 14.0. The van der Waals surface area contributed by atoms with Crippen molar-refractivity contribution >= 4 is 22.0 Å².